The highest BCUT2D eigenvalue weighted by molar-refractivity contribution is 5.99. The van der Waals surface area contributed by atoms with Gasteiger partial charge in [-0.1, -0.05) is 36.8 Å². The number of nitrogens with zero attached hydrogens (tertiary/aromatic N) is 1. The third-order valence-electron chi connectivity index (χ3n) is 3.06. The van der Waals surface area contributed by atoms with E-state index in [9.17, 15) is 4.79 Å². The molecule has 0 fully saturated rings. The topological polar surface area (TPSA) is 20.3 Å². The number of amides is 1. The van der Waals surface area contributed by atoms with Crippen LogP contribution in [-0.4, -0.2) is 17.4 Å². The normalized spacial score (nSPS) is 18.2. The average Bonchev–Trinajstić information content (AvgIpc) is 2.55. The number of allylic oxidation sites excluding steroid dienone is 1. The van der Waals surface area contributed by atoms with Gasteiger partial charge in [0.05, 0.1) is 6.04 Å². The van der Waals surface area contributed by atoms with Gasteiger partial charge in [0.15, 0.2) is 0 Å². The van der Waals surface area contributed by atoms with Gasteiger partial charge in [-0.15, -0.1) is 0 Å². The summed E-state index contributed by atoms with van der Waals surface area (Å²) in [5.41, 5.74) is 3.26. The highest BCUT2D eigenvalue weighted by atomic mass is 16.2. The van der Waals surface area contributed by atoms with Crippen LogP contribution in [0.15, 0.2) is 35.9 Å². The van der Waals surface area contributed by atoms with Gasteiger partial charge in [0.2, 0.25) is 0 Å². The Kier molecular flexibility index (Phi) is 3.32. The summed E-state index contributed by atoms with van der Waals surface area (Å²) in [5, 5.41) is 0. The highest BCUT2D eigenvalue weighted by Gasteiger charge is 2.34. The van der Waals surface area contributed by atoms with Crippen LogP contribution in [0.5, 0.6) is 0 Å². The number of hydrogen-bond acceptors (Lipinski definition) is 1. The minimum absolute atomic E-state index is 0.128. The van der Waals surface area contributed by atoms with Crippen molar-refractivity contribution in [3.8, 4) is 0 Å². The SMILES string of the molecule is CCCN1C(=O)c2ccccc2C1C=C(C)C. The zero-order chi connectivity index (χ0) is 12.4. The van der Waals surface area contributed by atoms with Crippen LogP contribution in [0.3, 0.4) is 0 Å². The first-order valence-corrected chi connectivity index (χ1v) is 6.20. The van der Waals surface area contributed by atoms with E-state index >= 15 is 0 Å². The van der Waals surface area contributed by atoms with Gasteiger partial charge in [-0.25, -0.2) is 0 Å². The van der Waals surface area contributed by atoms with Crippen molar-refractivity contribution in [1.82, 2.24) is 4.90 Å². The Balaban J connectivity index is 2.45. The Labute approximate surface area is 103 Å². The minimum atomic E-state index is 0.128. The van der Waals surface area contributed by atoms with E-state index in [-0.39, 0.29) is 11.9 Å². The molecule has 2 nitrogen and oxygen atoms in total. The molecule has 0 N–H and O–H groups in total. The van der Waals surface area contributed by atoms with Gasteiger partial charge >= 0.3 is 0 Å². The van der Waals surface area contributed by atoms with Crippen LogP contribution in [0, 0.1) is 0 Å². The first-order chi connectivity index (χ1) is 8.15. The summed E-state index contributed by atoms with van der Waals surface area (Å²) < 4.78 is 0. The van der Waals surface area contributed by atoms with E-state index in [4.69, 9.17) is 0 Å². The molecule has 1 aliphatic heterocycles. The molecule has 90 valence electrons. The highest BCUT2D eigenvalue weighted by Crippen LogP contribution is 2.35. The van der Waals surface area contributed by atoms with E-state index in [1.54, 1.807) is 0 Å². The molecule has 0 spiro atoms. The Morgan fingerprint density at radius 1 is 1.35 bits per heavy atom. The van der Waals surface area contributed by atoms with Crippen LogP contribution in [0.4, 0.5) is 0 Å². The summed E-state index contributed by atoms with van der Waals surface area (Å²) in [7, 11) is 0. The Morgan fingerprint density at radius 3 is 2.71 bits per heavy atom. The summed E-state index contributed by atoms with van der Waals surface area (Å²) in [6.45, 7) is 7.09. The molecule has 1 unspecified atom stereocenters. The molecule has 0 aromatic heterocycles. The number of hydrogen-bond donors (Lipinski definition) is 0. The molecule has 1 amide bonds. The minimum Gasteiger partial charge on any atom is -0.328 e. The van der Waals surface area contributed by atoms with Crippen LogP contribution < -0.4 is 0 Å². The van der Waals surface area contributed by atoms with Crippen molar-refractivity contribution in [2.75, 3.05) is 6.54 Å². The van der Waals surface area contributed by atoms with Crippen LogP contribution in [0.1, 0.15) is 49.2 Å². The first-order valence-electron chi connectivity index (χ1n) is 6.20. The van der Waals surface area contributed by atoms with Gasteiger partial charge in [0.1, 0.15) is 0 Å². The molecule has 0 bridgehead atoms. The molecular weight excluding hydrogens is 210 g/mol. The van der Waals surface area contributed by atoms with Gasteiger partial charge in [-0.3, -0.25) is 4.79 Å². The van der Waals surface area contributed by atoms with Crippen LogP contribution in [0.2, 0.25) is 0 Å². The third-order valence-corrected chi connectivity index (χ3v) is 3.06. The molecule has 1 aliphatic rings. The monoisotopic (exact) mass is 229 g/mol. The predicted octanol–water partition coefficient (Wildman–Crippen LogP) is 3.56. The summed E-state index contributed by atoms with van der Waals surface area (Å²) in [5.74, 6) is 0.171. The molecule has 1 aromatic carbocycles. The van der Waals surface area contributed by atoms with Crippen molar-refractivity contribution >= 4 is 5.91 Å². The summed E-state index contributed by atoms with van der Waals surface area (Å²) in [6.07, 6.45) is 3.17. The van der Waals surface area contributed by atoms with Crippen LogP contribution >= 0.6 is 0 Å². The number of fused-ring (bicyclic) bond motifs is 1. The number of rotatable bonds is 3. The molecule has 1 heterocycles. The van der Waals surface area contributed by atoms with Gasteiger partial charge in [0, 0.05) is 12.1 Å². The zero-order valence-electron chi connectivity index (χ0n) is 10.7. The molecule has 0 aliphatic carbocycles. The fourth-order valence-electron chi connectivity index (χ4n) is 2.38. The van der Waals surface area contributed by atoms with E-state index in [0.29, 0.717) is 0 Å². The number of carbonyl (C=O) groups excluding carboxylic acids is 1. The fourth-order valence-corrected chi connectivity index (χ4v) is 2.38. The van der Waals surface area contributed by atoms with E-state index in [0.717, 1.165) is 24.1 Å². The van der Waals surface area contributed by atoms with Crippen molar-refractivity contribution in [3.05, 3.63) is 47.0 Å². The molecule has 2 heteroatoms. The fraction of sp³-hybridized carbons (Fsp3) is 0.400. The zero-order valence-corrected chi connectivity index (χ0v) is 10.7. The largest absolute Gasteiger partial charge is 0.328 e. The maximum atomic E-state index is 12.3. The first kappa shape index (κ1) is 11.9. The Morgan fingerprint density at radius 2 is 2.06 bits per heavy atom. The average molecular weight is 229 g/mol. The summed E-state index contributed by atoms with van der Waals surface area (Å²) >= 11 is 0. The third kappa shape index (κ3) is 2.12. The van der Waals surface area contributed by atoms with Crippen molar-refractivity contribution in [2.24, 2.45) is 0 Å². The predicted molar refractivity (Wildman–Crippen MR) is 69.9 cm³/mol. The maximum Gasteiger partial charge on any atom is 0.254 e. The molecule has 2 rings (SSSR count). The van der Waals surface area contributed by atoms with E-state index in [2.05, 4.69) is 32.9 Å². The van der Waals surface area contributed by atoms with Gasteiger partial charge in [0.25, 0.3) is 5.91 Å². The molecule has 0 saturated carbocycles. The molecule has 0 saturated heterocycles. The number of benzene rings is 1. The molecule has 17 heavy (non-hydrogen) atoms. The molecule has 0 radical (unpaired) electrons. The molecular formula is C15H19NO. The van der Waals surface area contributed by atoms with Crippen molar-refractivity contribution < 1.29 is 4.79 Å². The van der Waals surface area contributed by atoms with Gasteiger partial charge < -0.3 is 4.90 Å². The van der Waals surface area contributed by atoms with Gasteiger partial charge in [-0.2, -0.15) is 0 Å². The molecule has 1 aromatic rings. The van der Waals surface area contributed by atoms with Crippen LogP contribution in [0.25, 0.3) is 0 Å². The van der Waals surface area contributed by atoms with E-state index in [1.807, 2.05) is 23.1 Å². The summed E-state index contributed by atoms with van der Waals surface area (Å²) in [6, 6.07) is 8.06. The van der Waals surface area contributed by atoms with Crippen molar-refractivity contribution in [1.29, 1.82) is 0 Å². The van der Waals surface area contributed by atoms with Crippen LogP contribution in [-0.2, 0) is 0 Å². The van der Waals surface area contributed by atoms with Crippen molar-refractivity contribution in [2.45, 2.75) is 33.2 Å². The second-order valence-corrected chi connectivity index (χ2v) is 4.77. The van der Waals surface area contributed by atoms with Crippen molar-refractivity contribution in [3.63, 3.8) is 0 Å². The standard InChI is InChI=1S/C15H19NO/c1-4-9-16-14(10-11(2)3)12-7-5-6-8-13(12)15(16)17/h5-8,10,14H,4,9H2,1-3H3. The second kappa shape index (κ2) is 4.74. The van der Waals surface area contributed by atoms with Gasteiger partial charge in [-0.05, 0) is 31.9 Å². The lowest BCUT2D eigenvalue weighted by molar-refractivity contribution is 0.0753. The smallest absolute Gasteiger partial charge is 0.254 e. The Bertz CT molecular complexity index is 458. The van der Waals surface area contributed by atoms with E-state index < -0.39 is 0 Å². The lowest BCUT2D eigenvalue weighted by atomic mass is 10.0. The lowest BCUT2D eigenvalue weighted by Gasteiger charge is -2.22. The quantitative estimate of drug-likeness (QED) is 0.726. The van der Waals surface area contributed by atoms with E-state index in [1.165, 1.54) is 5.57 Å². The second-order valence-electron chi connectivity index (χ2n) is 4.77. The summed E-state index contributed by atoms with van der Waals surface area (Å²) in [4.78, 5) is 14.2. The maximum absolute atomic E-state index is 12.3. The molecule has 1 atom stereocenters. The lowest BCUT2D eigenvalue weighted by Crippen LogP contribution is -2.28. The number of carbonyl (C=O) groups is 1. The Hall–Kier alpha value is -1.57.